The normalized spacial score (nSPS) is 33.3. The van der Waals surface area contributed by atoms with Crippen LogP contribution in [0.15, 0.2) is 11.4 Å². The van der Waals surface area contributed by atoms with Gasteiger partial charge in [0.05, 0.1) is 6.04 Å². The predicted octanol–water partition coefficient (Wildman–Crippen LogP) is 2.12. The van der Waals surface area contributed by atoms with Crippen LogP contribution in [0.1, 0.15) is 29.7 Å². The molecule has 0 aromatic carbocycles. The fourth-order valence-electron chi connectivity index (χ4n) is 3.87. The van der Waals surface area contributed by atoms with E-state index in [1.807, 2.05) is 11.3 Å². The van der Waals surface area contributed by atoms with E-state index in [2.05, 4.69) is 21.2 Å². The Kier molecular flexibility index (Phi) is 2.88. The number of carbonyl (C=O) groups is 1. The molecule has 102 valence electrons. The van der Waals surface area contributed by atoms with Gasteiger partial charge in [-0.25, -0.2) is 0 Å². The number of fused-ring (bicyclic) bond motifs is 4. The van der Waals surface area contributed by atoms with Crippen LogP contribution in [0.5, 0.6) is 0 Å². The number of thiophene rings is 1. The summed E-state index contributed by atoms with van der Waals surface area (Å²) in [5.41, 5.74) is 1.38. The number of amides is 1. The first-order chi connectivity index (χ1) is 9.31. The molecule has 0 radical (unpaired) electrons. The summed E-state index contributed by atoms with van der Waals surface area (Å²) in [7, 11) is 0. The van der Waals surface area contributed by atoms with Crippen molar-refractivity contribution in [3.63, 3.8) is 0 Å². The van der Waals surface area contributed by atoms with E-state index in [4.69, 9.17) is 0 Å². The molecule has 4 aliphatic heterocycles. The van der Waals surface area contributed by atoms with Crippen molar-refractivity contribution < 1.29 is 4.79 Å². The number of carbonyl (C=O) groups excluding carboxylic acids is 1. The Morgan fingerprint density at radius 1 is 1.26 bits per heavy atom. The van der Waals surface area contributed by atoms with E-state index in [-0.39, 0.29) is 6.04 Å². The van der Waals surface area contributed by atoms with Gasteiger partial charge in [0.25, 0.3) is 0 Å². The van der Waals surface area contributed by atoms with E-state index in [1.54, 1.807) is 0 Å². The quantitative estimate of drug-likeness (QED) is 0.784. The van der Waals surface area contributed by atoms with Gasteiger partial charge in [-0.15, -0.1) is 11.3 Å². The van der Waals surface area contributed by atoms with Crippen LogP contribution in [0.25, 0.3) is 0 Å². The van der Waals surface area contributed by atoms with Gasteiger partial charge in [0.1, 0.15) is 0 Å². The van der Waals surface area contributed by atoms with E-state index >= 15 is 0 Å². The Hall–Kier alpha value is -0.870. The van der Waals surface area contributed by atoms with Crippen LogP contribution in [0.4, 0.5) is 0 Å². The van der Waals surface area contributed by atoms with Gasteiger partial charge in [0.15, 0.2) is 0 Å². The second kappa shape index (κ2) is 4.60. The number of piperidine rings is 3. The zero-order chi connectivity index (χ0) is 12.8. The van der Waals surface area contributed by atoms with E-state index in [0.29, 0.717) is 5.91 Å². The Morgan fingerprint density at radius 3 is 2.84 bits per heavy atom. The number of nitrogens with zero attached hydrogens (tertiary/aromatic N) is 2. The van der Waals surface area contributed by atoms with E-state index in [0.717, 1.165) is 44.9 Å². The van der Waals surface area contributed by atoms with Crippen molar-refractivity contribution in [3.05, 3.63) is 21.9 Å². The monoisotopic (exact) mass is 276 g/mol. The lowest BCUT2D eigenvalue weighted by Gasteiger charge is -2.46. The number of rotatable bonds is 1. The molecule has 4 aliphatic rings. The molecule has 19 heavy (non-hydrogen) atoms. The van der Waals surface area contributed by atoms with Gasteiger partial charge in [0, 0.05) is 18.0 Å². The maximum Gasteiger partial charge on any atom is 0.240 e. The van der Waals surface area contributed by atoms with Crippen molar-refractivity contribution in [1.29, 1.82) is 0 Å². The van der Waals surface area contributed by atoms with Crippen LogP contribution >= 0.6 is 11.3 Å². The first kappa shape index (κ1) is 11.9. The molecule has 1 amide bonds. The summed E-state index contributed by atoms with van der Waals surface area (Å²) in [5, 5.41) is 2.16. The lowest BCUT2D eigenvalue weighted by atomic mass is 9.82. The predicted molar refractivity (Wildman–Crippen MR) is 76.1 cm³/mol. The third-order valence-electron chi connectivity index (χ3n) is 5.05. The van der Waals surface area contributed by atoms with Gasteiger partial charge < -0.3 is 4.90 Å². The minimum Gasteiger partial charge on any atom is -0.337 e. The highest BCUT2D eigenvalue weighted by molar-refractivity contribution is 7.10. The smallest absolute Gasteiger partial charge is 0.240 e. The molecule has 1 aromatic heterocycles. The highest BCUT2D eigenvalue weighted by Gasteiger charge is 2.39. The van der Waals surface area contributed by atoms with Crippen molar-refractivity contribution in [3.8, 4) is 0 Å². The van der Waals surface area contributed by atoms with Gasteiger partial charge in [-0.1, -0.05) is 0 Å². The van der Waals surface area contributed by atoms with Gasteiger partial charge in [-0.05, 0) is 61.7 Å². The Bertz CT molecular complexity index is 490. The average molecular weight is 276 g/mol. The summed E-state index contributed by atoms with van der Waals surface area (Å²) in [6.45, 7) is 4.03. The molecular weight excluding hydrogens is 256 g/mol. The van der Waals surface area contributed by atoms with Crippen molar-refractivity contribution in [2.45, 2.75) is 38.3 Å². The van der Waals surface area contributed by atoms with Crippen LogP contribution in [0.2, 0.25) is 0 Å². The van der Waals surface area contributed by atoms with Crippen molar-refractivity contribution in [1.82, 2.24) is 9.80 Å². The fourth-order valence-corrected chi connectivity index (χ4v) is 4.76. The molecule has 1 unspecified atom stereocenters. The molecule has 0 saturated carbocycles. The zero-order valence-corrected chi connectivity index (χ0v) is 12.0. The SMILES string of the molecule is O=C(C1CC2CCN1CC2)N1CCc2sccc2C1. The molecule has 0 spiro atoms. The molecule has 1 atom stereocenters. The lowest BCUT2D eigenvalue weighted by Crippen LogP contribution is -2.56. The Morgan fingerprint density at radius 2 is 2.11 bits per heavy atom. The highest BCUT2D eigenvalue weighted by Crippen LogP contribution is 2.33. The molecule has 0 aliphatic carbocycles. The van der Waals surface area contributed by atoms with Gasteiger partial charge >= 0.3 is 0 Å². The lowest BCUT2D eigenvalue weighted by molar-refractivity contribution is -0.142. The van der Waals surface area contributed by atoms with Gasteiger partial charge in [-0.3, -0.25) is 9.69 Å². The van der Waals surface area contributed by atoms with Crippen LogP contribution in [0.3, 0.4) is 0 Å². The second-order valence-corrected chi connectivity index (χ2v) is 7.11. The van der Waals surface area contributed by atoms with Crippen LogP contribution in [-0.2, 0) is 17.8 Å². The van der Waals surface area contributed by atoms with E-state index in [9.17, 15) is 4.79 Å². The fraction of sp³-hybridized carbons (Fsp3) is 0.667. The summed E-state index contributed by atoms with van der Waals surface area (Å²) in [6, 6.07) is 2.37. The second-order valence-electron chi connectivity index (χ2n) is 6.11. The molecule has 0 N–H and O–H groups in total. The van der Waals surface area contributed by atoms with Gasteiger partial charge in [-0.2, -0.15) is 0 Å². The average Bonchev–Trinajstić information content (AvgIpc) is 2.95. The van der Waals surface area contributed by atoms with Crippen molar-refractivity contribution in [2.24, 2.45) is 5.92 Å². The van der Waals surface area contributed by atoms with E-state index < -0.39 is 0 Å². The molecule has 3 nitrogen and oxygen atoms in total. The summed E-state index contributed by atoms with van der Waals surface area (Å²) in [6.07, 6.45) is 4.76. The molecule has 5 heterocycles. The summed E-state index contributed by atoms with van der Waals surface area (Å²) < 4.78 is 0. The molecule has 4 heteroatoms. The summed E-state index contributed by atoms with van der Waals surface area (Å²) in [5.74, 6) is 1.20. The molecule has 5 rings (SSSR count). The Balaban J connectivity index is 1.49. The first-order valence-corrected chi connectivity index (χ1v) is 8.27. The topological polar surface area (TPSA) is 23.6 Å². The zero-order valence-electron chi connectivity index (χ0n) is 11.2. The third-order valence-corrected chi connectivity index (χ3v) is 6.07. The number of hydrogen-bond donors (Lipinski definition) is 0. The van der Waals surface area contributed by atoms with Crippen LogP contribution < -0.4 is 0 Å². The largest absolute Gasteiger partial charge is 0.337 e. The minimum atomic E-state index is 0.188. The summed E-state index contributed by atoms with van der Waals surface area (Å²) >= 11 is 1.84. The number of hydrogen-bond acceptors (Lipinski definition) is 3. The molecule has 3 saturated heterocycles. The minimum absolute atomic E-state index is 0.188. The van der Waals surface area contributed by atoms with Crippen LogP contribution in [0, 0.1) is 5.92 Å². The van der Waals surface area contributed by atoms with Crippen molar-refractivity contribution in [2.75, 3.05) is 19.6 Å². The van der Waals surface area contributed by atoms with E-state index in [1.165, 1.54) is 23.3 Å². The molecule has 3 fully saturated rings. The molecule has 2 bridgehead atoms. The third kappa shape index (κ3) is 2.01. The maximum absolute atomic E-state index is 12.8. The molecule has 1 aromatic rings. The summed E-state index contributed by atoms with van der Waals surface area (Å²) in [4.78, 5) is 18.8. The standard InChI is InChI=1S/C15H20N2OS/c18-15(13-9-11-1-5-16(13)6-2-11)17-7-3-14-12(10-17)4-8-19-14/h4,8,11,13H,1-3,5-7,9-10H2. The highest BCUT2D eigenvalue weighted by atomic mass is 32.1. The van der Waals surface area contributed by atoms with Crippen LogP contribution in [-0.4, -0.2) is 41.4 Å². The van der Waals surface area contributed by atoms with Gasteiger partial charge in [0.2, 0.25) is 5.91 Å². The van der Waals surface area contributed by atoms with Crippen molar-refractivity contribution >= 4 is 17.2 Å². The molecular formula is C15H20N2OS. The Labute approximate surface area is 118 Å². The maximum atomic E-state index is 12.8. The first-order valence-electron chi connectivity index (χ1n) is 7.39.